The molecule has 0 N–H and O–H groups in total. The summed E-state index contributed by atoms with van der Waals surface area (Å²) in [5.41, 5.74) is 31.2. The molecular weight excluding hydrogens is 774 g/mol. The highest BCUT2D eigenvalue weighted by Gasteiger charge is 2.43. The largest absolute Gasteiger partial charge is 0.310 e. The first kappa shape index (κ1) is 41.8. The van der Waals surface area contributed by atoms with E-state index < -0.39 is 0 Å². The molecule has 0 saturated heterocycles. The minimum atomic E-state index is -0.246. The zero-order valence-electron chi connectivity index (χ0n) is 40.5. The Kier molecular flexibility index (Phi) is 9.21. The molecule has 11 rings (SSSR count). The molecule has 0 bridgehead atoms. The van der Waals surface area contributed by atoms with Crippen molar-refractivity contribution in [1.82, 2.24) is 19.5 Å². The van der Waals surface area contributed by atoms with Crippen molar-refractivity contribution in [2.75, 3.05) is 0 Å². The van der Waals surface area contributed by atoms with E-state index in [0.717, 1.165) is 22.4 Å². The maximum Gasteiger partial charge on any atom is 0.164 e. The van der Waals surface area contributed by atoms with E-state index in [4.69, 9.17) is 15.0 Å². The third-order valence-electron chi connectivity index (χ3n) is 16.4. The summed E-state index contributed by atoms with van der Waals surface area (Å²) in [4.78, 5) is 15.8. The highest BCUT2D eigenvalue weighted by Crippen LogP contribution is 2.50. The molecular formula is C49H46B12N4. The zero-order chi connectivity index (χ0) is 45.8. The fourth-order valence-electron chi connectivity index (χ4n) is 12.2. The third kappa shape index (κ3) is 5.64. The van der Waals surface area contributed by atoms with Crippen LogP contribution >= 0.6 is 0 Å². The molecule has 7 aromatic carbocycles. The van der Waals surface area contributed by atoms with Gasteiger partial charge in [-0.25, -0.2) is 15.0 Å². The van der Waals surface area contributed by atoms with Crippen LogP contribution in [0, 0.1) is 0 Å². The Morgan fingerprint density at radius 3 is 1.63 bits per heavy atom. The molecule has 0 spiro atoms. The van der Waals surface area contributed by atoms with E-state index in [1.54, 1.807) is 0 Å². The van der Waals surface area contributed by atoms with Crippen molar-refractivity contribution in [3.8, 4) is 62.1 Å². The van der Waals surface area contributed by atoms with Crippen molar-refractivity contribution in [2.45, 2.75) is 24.5 Å². The first-order valence-corrected chi connectivity index (χ1v) is 23.3. The predicted molar refractivity (Wildman–Crippen MR) is 313 cm³/mol. The molecule has 2 aliphatic carbocycles. The summed E-state index contributed by atoms with van der Waals surface area (Å²) in [6.45, 7) is 4.65. The van der Waals surface area contributed by atoms with Crippen LogP contribution in [-0.4, -0.2) is 114 Å². The van der Waals surface area contributed by atoms with E-state index in [-0.39, 0.29) is 10.6 Å². The van der Waals surface area contributed by atoms with Gasteiger partial charge < -0.3 is 4.57 Å². The molecule has 65 heavy (non-hydrogen) atoms. The number of rotatable bonds is 4. The molecule has 4 nitrogen and oxygen atoms in total. The Morgan fingerprint density at radius 2 is 0.923 bits per heavy atom. The lowest BCUT2D eigenvalue weighted by Gasteiger charge is -2.28. The van der Waals surface area contributed by atoms with Crippen molar-refractivity contribution >= 4 is 171 Å². The van der Waals surface area contributed by atoms with E-state index in [9.17, 15) is 0 Å². The van der Waals surface area contributed by atoms with Gasteiger partial charge in [0.05, 0.1) is 5.52 Å². The Bertz CT molecular complexity index is 3620. The van der Waals surface area contributed by atoms with Crippen molar-refractivity contribution in [1.29, 1.82) is 0 Å². The van der Waals surface area contributed by atoms with Crippen LogP contribution in [0.3, 0.4) is 0 Å². The van der Waals surface area contributed by atoms with Gasteiger partial charge in [0, 0.05) is 38.7 Å². The smallest absolute Gasteiger partial charge is 0.164 e. The van der Waals surface area contributed by atoms with Crippen LogP contribution < -0.4 is 54.6 Å². The quantitative estimate of drug-likeness (QED) is 0.166. The van der Waals surface area contributed by atoms with Crippen LogP contribution in [0.25, 0.3) is 83.9 Å². The zero-order valence-corrected chi connectivity index (χ0v) is 40.5. The number of aromatic nitrogens is 4. The van der Waals surface area contributed by atoms with Gasteiger partial charge in [-0.1, -0.05) is 137 Å². The van der Waals surface area contributed by atoms with Crippen LogP contribution in [0.5, 0.6) is 0 Å². The number of fused-ring (bicyclic) bond motifs is 10. The lowest BCUT2D eigenvalue weighted by atomic mass is 9.46. The molecule has 298 valence electrons. The predicted octanol–water partition coefficient (Wildman–Crippen LogP) is -7.69. The first-order valence-electron chi connectivity index (χ1n) is 23.3. The van der Waals surface area contributed by atoms with Gasteiger partial charge in [-0.15, -0.1) is 16.4 Å². The summed E-state index contributed by atoms with van der Waals surface area (Å²) in [6, 6.07) is 34.8. The van der Waals surface area contributed by atoms with Gasteiger partial charge in [0.1, 0.15) is 94.2 Å². The van der Waals surface area contributed by atoms with E-state index in [2.05, 4.69) is 204 Å². The van der Waals surface area contributed by atoms with Gasteiger partial charge in [0.2, 0.25) is 0 Å². The van der Waals surface area contributed by atoms with Crippen molar-refractivity contribution in [2.24, 2.45) is 0 Å². The maximum absolute atomic E-state index is 5.36. The molecule has 0 atom stereocenters. The molecule has 0 unspecified atom stereocenters. The summed E-state index contributed by atoms with van der Waals surface area (Å²) in [6.07, 6.45) is 0. The van der Waals surface area contributed by atoms with Gasteiger partial charge in [0.25, 0.3) is 0 Å². The van der Waals surface area contributed by atoms with Crippen molar-refractivity contribution in [3.63, 3.8) is 0 Å². The molecule has 9 aromatic rings. The fourth-order valence-corrected chi connectivity index (χ4v) is 12.2. The maximum atomic E-state index is 5.36. The lowest BCUT2D eigenvalue weighted by Crippen LogP contribution is -2.51. The monoisotopic (exact) mass is 822 g/mol. The second-order valence-corrected chi connectivity index (χ2v) is 20.3. The third-order valence-corrected chi connectivity index (χ3v) is 16.4. The van der Waals surface area contributed by atoms with Gasteiger partial charge in [-0.3, -0.25) is 0 Å². The van der Waals surface area contributed by atoms with Gasteiger partial charge in [0.15, 0.2) is 17.5 Å². The van der Waals surface area contributed by atoms with Gasteiger partial charge >= 0.3 is 0 Å². The van der Waals surface area contributed by atoms with Crippen LogP contribution in [0.15, 0.2) is 97.1 Å². The minimum absolute atomic E-state index is 0.147. The molecule has 0 radical (unpaired) electrons. The molecule has 2 aromatic heterocycles. The molecule has 0 saturated carbocycles. The molecule has 2 aliphatic rings. The Balaban J connectivity index is 1.20. The number of nitrogens with zero attached hydrogens (tertiary/aromatic N) is 4. The van der Waals surface area contributed by atoms with Crippen LogP contribution in [0.1, 0.15) is 36.1 Å². The number of benzene rings is 7. The van der Waals surface area contributed by atoms with Crippen LogP contribution in [-0.2, 0) is 10.6 Å². The fraction of sp³-hybridized carbons (Fsp3) is 0.0816. The van der Waals surface area contributed by atoms with Gasteiger partial charge in [-0.05, 0) is 67.7 Å². The Morgan fingerprint density at radius 1 is 0.415 bits per heavy atom. The SMILES string of the molecule is Bc1c(B)c(B)c2c(c1B)-c1c(B)c(B)c3c4c(B)c(B)c(B)c(B)c4n(-c4cccc(-c5nc(-c6ccccc6)nc(-c6ccc7c(c6)C(C)(C)c6ccccc6-7)n5)c4)c3c1C2(B)B. The normalized spacial score (nSPS) is 14.1. The Labute approximate surface area is 393 Å². The van der Waals surface area contributed by atoms with E-state index in [0.29, 0.717) is 17.5 Å². The molecule has 0 aliphatic heterocycles. The molecule has 2 heterocycles. The molecule has 0 amide bonds. The topological polar surface area (TPSA) is 43.6 Å². The lowest BCUT2D eigenvalue weighted by molar-refractivity contribution is 0.660. The summed E-state index contributed by atoms with van der Waals surface area (Å²) < 4.78 is 2.62. The summed E-state index contributed by atoms with van der Waals surface area (Å²) >= 11 is 0. The van der Waals surface area contributed by atoms with Crippen LogP contribution in [0.2, 0.25) is 0 Å². The van der Waals surface area contributed by atoms with E-state index in [1.807, 2.05) is 6.07 Å². The highest BCUT2D eigenvalue weighted by atomic mass is 15.0. The first-order chi connectivity index (χ1) is 30.9. The number of hydrogen-bond donors (Lipinski definition) is 0. The van der Waals surface area contributed by atoms with E-state index in [1.165, 1.54) is 121 Å². The average molecular weight is 821 g/mol. The summed E-state index contributed by atoms with van der Waals surface area (Å²) in [7, 11) is 28.3. The standard InChI is InChI=1S/C49H46B12N4/c1-48(2)25-14-7-6-13-23(25)24-16-15-21(18-26(24)48)47-63-45(19-9-4-3-5-10-19)62-46(64-47)20-11-8-12-22(17-20)65-43-29(30-36(53)39(56)41(58)42(59)44(30)65)35(52)33(50)28-27-31(49(60,61)32(28)43)37(54)40(57)38(55)34(27)51/h3-18H,50-61H2,1-2H3. The number of hydrogen-bond acceptors (Lipinski definition) is 3. The highest BCUT2D eigenvalue weighted by molar-refractivity contribution is 6.70. The van der Waals surface area contributed by atoms with Crippen LogP contribution in [0.4, 0.5) is 0 Å². The Hall–Kier alpha value is -5.87. The summed E-state index contributed by atoms with van der Waals surface area (Å²) in [5.74, 6) is 1.98. The minimum Gasteiger partial charge on any atom is -0.310 e. The molecule has 16 heteroatoms. The second-order valence-electron chi connectivity index (χ2n) is 20.3. The van der Waals surface area contributed by atoms with Crippen molar-refractivity contribution in [3.05, 3.63) is 119 Å². The average Bonchev–Trinajstić information content (AvgIpc) is 3.88. The summed E-state index contributed by atoms with van der Waals surface area (Å²) in [5, 5.41) is 2.48. The van der Waals surface area contributed by atoms with Crippen molar-refractivity contribution < 1.29 is 0 Å². The van der Waals surface area contributed by atoms with E-state index >= 15 is 0 Å². The van der Waals surface area contributed by atoms with Gasteiger partial charge in [-0.2, -0.15) is 0 Å². The second kappa shape index (κ2) is 14.3. The molecule has 0 fully saturated rings.